The van der Waals surface area contributed by atoms with Crippen molar-refractivity contribution in [3.05, 3.63) is 60.2 Å². The minimum absolute atomic E-state index is 0.250. The van der Waals surface area contributed by atoms with Gasteiger partial charge in [-0.05, 0) is 46.0 Å². The molecule has 1 heterocycles. The van der Waals surface area contributed by atoms with Crippen LogP contribution >= 0.6 is 0 Å². The molecular weight excluding hydrogens is 352 g/mol. The van der Waals surface area contributed by atoms with Gasteiger partial charge in [-0.3, -0.25) is 20.2 Å². The second-order valence-electron chi connectivity index (χ2n) is 7.40. The van der Waals surface area contributed by atoms with Crippen molar-refractivity contribution in [2.75, 3.05) is 0 Å². The summed E-state index contributed by atoms with van der Waals surface area (Å²) in [5.74, 6) is -1.02. The minimum Gasteiger partial charge on any atom is -0.277 e. The maximum absolute atomic E-state index is 12.9. The van der Waals surface area contributed by atoms with Crippen LogP contribution < -0.4 is 10.6 Å². The van der Waals surface area contributed by atoms with Gasteiger partial charge in [0.1, 0.15) is 5.41 Å². The van der Waals surface area contributed by atoms with Crippen molar-refractivity contribution in [3.8, 4) is 0 Å². The van der Waals surface area contributed by atoms with E-state index in [4.69, 9.17) is 0 Å². The Morgan fingerprint density at radius 1 is 0.821 bits per heavy atom. The van der Waals surface area contributed by atoms with Gasteiger partial charge in [0.2, 0.25) is 11.8 Å². The molecule has 1 aliphatic heterocycles. The van der Waals surface area contributed by atoms with Crippen molar-refractivity contribution in [2.45, 2.75) is 32.6 Å². The molecule has 2 N–H and O–H groups in total. The molecule has 0 radical (unpaired) electrons. The lowest BCUT2D eigenvalue weighted by molar-refractivity contribution is -0.145. The number of carbonyl (C=O) groups excluding carboxylic acids is 3. The van der Waals surface area contributed by atoms with E-state index in [9.17, 15) is 14.4 Å². The van der Waals surface area contributed by atoms with Crippen molar-refractivity contribution in [2.24, 2.45) is 5.41 Å². The van der Waals surface area contributed by atoms with Gasteiger partial charge in [0.15, 0.2) is 0 Å². The van der Waals surface area contributed by atoms with Gasteiger partial charge in [-0.15, -0.1) is 0 Å². The van der Waals surface area contributed by atoms with Crippen molar-refractivity contribution >= 4 is 39.4 Å². The zero-order chi connectivity index (χ0) is 19.7. The molecule has 0 aromatic heterocycles. The van der Waals surface area contributed by atoms with Crippen LogP contribution in [0.2, 0.25) is 0 Å². The largest absolute Gasteiger partial charge is 0.328 e. The molecule has 3 aromatic rings. The molecule has 5 heteroatoms. The molecule has 0 spiro atoms. The Morgan fingerprint density at radius 2 is 1.36 bits per heavy atom. The number of amides is 4. The first-order chi connectivity index (χ1) is 13.5. The van der Waals surface area contributed by atoms with Gasteiger partial charge in [-0.1, -0.05) is 68.3 Å². The second-order valence-corrected chi connectivity index (χ2v) is 7.40. The van der Waals surface area contributed by atoms with Gasteiger partial charge in [0, 0.05) is 0 Å². The van der Waals surface area contributed by atoms with Crippen LogP contribution in [0.4, 0.5) is 4.79 Å². The van der Waals surface area contributed by atoms with Crippen LogP contribution in [0.1, 0.15) is 31.7 Å². The number of fused-ring (bicyclic) bond motifs is 2. The summed E-state index contributed by atoms with van der Waals surface area (Å²) in [6.07, 6.45) is 2.22. The molecule has 28 heavy (non-hydrogen) atoms. The summed E-state index contributed by atoms with van der Waals surface area (Å²) >= 11 is 0. The third-order valence-corrected chi connectivity index (χ3v) is 5.64. The molecular formula is C23H22N2O3. The van der Waals surface area contributed by atoms with E-state index in [2.05, 4.69) is 16.7 Å². The van der Waals surface area contributed by atoms with E-state index in [1.54, 1.807) is 0 Å². The predicted octanol–water partition coefficient (Wildman–Crippen LogP) is 4.08. The number of imide groups is 2. The Kier molecular flexibility index (Phi) is 4.59. The van der Waals surface area contributed by atoms with Crippen molar-refractivity contribution in [1.82, 2.24) is 10.6 Å². The topological polar surface area (TPSA) is 75.3 Å². The number of hydrogen-bond donors (Lipinski definition) is 2. The number of carbonyl (C=O) groups is 3. The first kappa shape index (κ1) is 18.2. The molecule has 3 aromatic carbocycles. The monoisotopic (exact) mass is 374 g/mol. The normalized spacial score (nSPS) is 16.2. The van der Waals surface area contributed by atoms with Crippen LogP contribution in [-0.4, -0.2) is 17.8 Å². The number of barbiturate groups is 1. The Bertz CT molecular complexity index is 1030. The van der Waals surface area contributed by atoms with E-state index in [0.29, 0.717) is 6.42 Å². The van der Waals surface area contributed by atoms with Gasteiger partial charge in [0.05, 0.1) is 0 Å². The number of nitrogens with one attached hydrogen (secondary N) is 2. The highest BCUT2D eigenvalue weighted by atomic mass is 16.2. The Hall–Kier alpha value is -3.21. The first-order valence-corrected chi connectivity index (χ1v) is 9.61. The molecule has 5 nitrogen and oxygen atoms in total. The lowest BCUT2D eigenvalue weighted by Gasteiger charge is -2.34. The molecule has 1 saturated heterocycles. The van der Waals surface area contributed by atoms with Gasteiger partial charge < -0.3 is 0 Å². The average molecular weight is 374 g/mol. The zero-order valence-corrected chi connectivity index (χ0v) is 15.7. The van der Waals surface area contributed by atoms with Gasteiger partial charge in [-0.25, -0.2) is 4.79 Å². The van der Waals surface area contributed by atoms with Crippen LogP contribution in [0.25, 0.3) is 21.5 Å². The molecule has 0 aliphatic carbocycles. The molecule has 4 rings (SSSR count). The quantitative estimate of drug-likeness (QED) is 0.522. The van der Waals surface area contributed by atoms with Crippen LogP contribution in [0.15, 0.2) is 54.6 Å². The van der Waals surface area contributed by atoms with E-state index < -0.39 is 23.3 Å². The maximum atomic E-state index is 12.9. The fourth-order valence-corrected chi connectivity index (χ4v) is 4.13. The Labute approximate surface area is 163 Å². The van der Waals surface area contributed by atoms with E-state index in [-0.39, 0.29) is 6.42 Å². The fourth-order valence-electron chi connectivity index (χ4n) is 4.13. The minimum atomic E-state index is -1.29. The summed E-state index contributed by atoms with van der Waals surface area (Å²) in [6.45, 7) is 2.02. The highest BCUT2D eigenvalue weighted by molar-refractivity contribution is 6.19. The maximum Gasteiger partial charge on any atom is 0.328 e. The fraction of sp³-hybridized carbons (Fsp3) is 0.261. The van der Waals surface area contributed by atoms with E-state index in [0.717, 1.165) is 39.9 Å². The van der Waals surface area contributed by atoms with Gasteiger partial charge in [-0.2, -0.15) is 0 Å². The highest BCUT2D eigenvalue weighted by Gasteiger charge is 2.50. The average Bonchev–Trinajstić information content (AvgIpc) is 2.69. The molecule has 4 amide bonds. The molecule has 0 unspecified atom stereocenters. The summed E-state index contributed by atoms with van der Waals surface area (Å²) in [7, 11) is 0. The van der Waals surface area contributed by atoms with Crippen molar-refractivity contribution in [3.63, 3.8) is 0 Å². The number of urea groups is 1. The van der Waals surface area contributed by atoms with E-state index in [1.807, 2.05) is 55.5 Å². The highest BCUT2D eigenvalue weighted by Crippen LogP contribution is 2.38. The lowest BCUT2D eigenvalue weighted by Crippen LogP contribution is -2.63. The molecule has 0 atom stereocenters. The van der Waals surface area contributed by atoms with Crippen molar-refractivity contribution in [1.29, 1.82) is 0 Å². The number of unbranched alkanes of at least 4 members (excludes halogenated alkanes) is 1. The summed E-state index contributed by atoms with van der Waals surface area (Å²) in [5, 5.41) is 8.81. The Balaban J connectivity index is 1.93. The molecule has 1 aliphatic rings. The van der Waals surface area contributed by atoms with E-state index in [1.165, 1.54) is 0 Å². The summed E-state index contributed by atoms with van der Waals surface area (Å²) in [5.41, 5.74) is -0.332. The predicted molar refractivity (Wildman–Crippen MR) is 109 cm³/mol. The third-order valence-electron chi connectivity index (χ3n) is 5.64. The number of hydrogen-bond acceptors (Lipinski definition) is 3. The smallest absolute Gasteiger partial charge is 0.277 e. The van der Waals surface area contributed by atoms with Crippen LogP contribution in [-0.2, 0) is 16.0 Å². The number of rotatable bonds is 5. The van der Waals surface area contributed by atoms with Crippen molar-refractivity contribution < 1.29 is 14.4 Å². The molecule has 1 fully saturated rings. The lowest BCUT2D eigenvalue weighted by atomic mass is 9.73. The molecule has 0 saturated carbocycles. The van der Waals surface area contributed by atoms with Gasteiger partial charge in [0.25, 0.3) is 0 Å². The summed E-state index contributed by atoms with van der Waals surface area (Å²) in [6, 6.07) is 17.4. The van der Waals surface area contributed by atoms with Crippen LogP contribution in [0, 0.1) is 5.41 Å². The SMILES string of the molecule is CCCCC1(Cc2c3ccccc3cc3ccccc23)C(=O)NC(=O)NC1=O. The zero-order valence-electron chi connectivity index (χ0n) is 15.7. The Morgan fingerprint density at radius 3 is 1.89 bits per heavy atom. The molecule has 0 bridgehead atoms. The standard InChI is InChI=1S/C23H22N2O3/c1-2-3-12-23(20(26)24-22(28)25-21(23)27)14-19-17-10-6-4-8-15(17)13-16-9-5-7-11-18(16)19/h4-11,13H,2-3,12,14H2,1H3,(H2,24,25,26,27,28). The summed E-state index contributed by atoms with van der Waals surface area (Å²) < 4.78 is 0. The third kappa shape index (κ3) is 2.93. The summed E-state index contributed by atoms with van der Waals surface area (Å²) in [4.78, 5) is 37.5. The van der Waals surface area contributed by atoms with Crippen LogP contribution in [0.5, 0.6) is 0 Å². The second kappa shape index (κ2) is 7.08. The van der Waals surface area contributed by atoms with Crippen LogP contribution in [0.3, 0.4) is 0 Å². The number of benzene rings is 3. The van der Waals surface area contributed by atoms with E-state index >= 15 is 0 Å². The molecule has 142 valence electrons. The van der Waals surface area contributed by atoms with Gasteiger partial charge >= 0.3 is 6.03 Å². The first-order valence-electron chi connectivity index (χ1n) is 9.61.